The fourth-order valence-electron chi connectivity index (χ4n) is 3.53. The van der Waals surface area contributed by atoms with E-state index in [2.05, 4.69) is 58.7 Å². The molecule has 0 saturated carbocycles. The van der Waals surface area contributed by atoms with Crippen molar-refractivity contribution in [3.05, 3.63) is 46.5 Å². The van der Waals surface area contributed by atoms with Crippen LogP contribution >= 0.6 is 11.5 Å². The molecule has 26 heavy (non-hydrogen) atoms. The van der Waals surface area contributed by atoms with E-state index in [1.165, 1.54) is 17.1 Å². The lowest BCUT2D eigenvalue weighted by molar-refractivity contribution is 0.0622. The quantitative estimate of drug-likeness (QED) is 0.779. The van der Waals surface area contributed by atoms with Gasteiger partial charge in [-0.05, 0) is 48.8 Å². The highest BCUT2D eigenvalue weighted by molar-refractivity contribution is 7.08. The van der Waals surface area contributed by atoms with Crippen molar-refractivity contribution in [1.82, 2.24) is 19.4 Å². The third-order valence-electron chi connectivity index (χ3n) is 5.16. The molecule has 1 aliphatic heterocycles. The van der Waals surface area contributed by atoms with Crippen molar-refractivity contribution in [1.29, 1.82) is 0 Å². The minimum absolute atomic E-state index is 0.0682. The van der Waals surface area contributed by atoms with E-state index in [1.807, 2.05) is 11.9 Å². The Morgan fingerprint density at radius 1 is 1.35 bits per heavy atom. The molecule has 140 valence electrons. The highest BCUT2D eigenvalue weighted by atomic mass is 32.1. The Balaban J connectivity index is 1.59. The lowest BCUT2D eigenvalue weighted by Gasteiger charge is -2.37. The number of nitrogens with zero attached hydrogens (tertiary/aromatic N) is 4. The van der Waals surface area contributed by atoms with E-state index in [0.717, 1.165) is 44.6 Å². The lowest BCUT2D eigenvalue weighted by Crippen LogP contribution is -2.49. The minimum atomic E-state index is 0.0682. The van der Waals surface area contributed by atoms with E-state index >= 15 is 0 Å². The maximum atomic E-state index is 13.0. The SMILES string of the molecule is CC(C)c1nnsc1C(=O)N(C)[C@H]1CCCN(CCc2ccccc2)C1. The zero-order valence-corrected chi connectivity index (χ0v) is 16.7. The Kier molecular flexibility index (Phi) is 6.38. The molecule has 1 amide bonds. The third kappa shape index (κ3) is 4.48. The van der Waals surface area contributed by atoms with Crippen LogP contribution in [-0.2, 0) is 6.42 Å². The van der Waals surface area contributed by atoms with Gasteiger partial charge in [0.05, 0.1) is 5.69 Å². The summed E-state index contributed by atoms with van der Waals surface area (Å²) in [7, 11) is 1.93. The standard InChI is InChI=1S/C20H28N4OS/c1-15(2)18-19(26-22-21-18)20(25)23(3)17-10-7-12-24(14-17)13-11-16-8-5-4-6-9-16/h4-6,8-9,15,17H,7,10-14H2,1-3H3/t17-/m0/s1. The first-order valence-corrected chi connectivity index (χ1v) is 10.2. The largest absolute Gasteiger partial charge is 0.337 e. The molecular weight excluding hydrogens is 344 g/mol. The van der Waals surface area contributed by atoms with Gasteiger partial charge in [0.2, 0.25) is 0 Å². The number of hydrogen-bond donors (Lipinski definition) is 0. The Bertz CT molecular complexity index is 716. The fourth-order valence-corrected chi connectivity index (χ4v) is 4.33. The van der Waals surface area contributed by atoms with Crippen molar-refractivity contribution >= 4 is 17.4 Å². The van der Waals surface area contributed by atoms with Gasteiger partial charge in [0, 0.05) is 26.2 Å². The molecule has 1 atom stereocenters. The number of carbonyl (C=O) groups is 1. The maximum Gasteiger partial charge on any atom is 0.267 e. The summed E-state index contributed by atoms with van der Waals surface area (Å²) in [5.74, 6) is 0.286. The van der Waals surface area contributed by atoms with Gasteiger partial charge in [0.25, 0.3) is 5.91 Å². The number of likely N-dealkylation sites (N-methyl/N-ethyl adjacent to an activating group) is 1. The van der Waals surface area contributed by atoms with Crippen molar-refractivity contribution in [3.8, 4) is 0 Å². The Labute approximate surface area is 160 Å². The molecule has 1 fully saturated rings. The van der Waals surface area contributed by atoms with E-state index < -0.39 is 0 Å². The van der Waals surface area contributed by atoms with Gasteiger partial charge in [-0.2, -0.15) is 0 Å². The second-order valence-corrected chi connectivity index (χ2v) is 8.14. The molecule has 1 aromatic heterocycles. The predicted molar refractivity (Wildman–Crippen MR) is 106 cm³/mol. The van der Waals surface area contributed by atoms with Crippen molar-refractivity contribution < 1.29 is 4.79 Å². The number of hydrogen-bond acceptors (Lipinski definition) is 5. The summed E-state index contributed by atoms with van der Waals surface area (Å²) >= 11 is 1.22. The first kappa shape index (κ1) is 19.0. The highest BCUT2D eigenvalue weighted by Gasteiger charge is 2.29. The molecule has 3 rings (SSSR count). The molecular formula is C20H28N4OS. The van der Waals surface area contributed by atoms with Crippen LogP contribution in [0.4, 0.5) is 0 Å². The molecule has 2 heterocycles. The summed E-state index contributed by atoms with van der Waals surface area (Å²) in [4.78, 5) is 18.1. The van der Waals surface area contributed by atoms with Crippen molar-refractivity contribution in [2.45, 2.75) is 45.1 Å². The van der Waals surface area contributed by atoms with Crippen LogP contribution in [-0.4, -0.2) is 58.0 Å². The highest BCUT2D eigenvalue weighted by Crippen LogP contribution is 2.24. The molecule has 1 saturated heterocycles. The molecule has 1 aromatic carbocycles. The molecule has 0 spiro atoms. The van der Waals surface area contributed by atoms with Crippen LogP contribution in [0.15, 0.2) is 30.3 Å². The topological polar surface area (TPSA) is 49.3 Å². The molecule has 0 radical (unpaired) electrons. The monoisotopic (exact) mass is 372 g/mol. The van der Waals surface area contributed by atoms with Crippen LogP contribution < -0.4 is 0 Å². The number of amides is 1. The van der Waals surface area contributed by atoms with E-state index in [0.29, 0.717) is 4.88 Å². The van der Waals surface area contributed by atoms with Gasteiger partial charge in [-0.15, -0.1) is 5.10 Å². The summed E-state index contributed by atoms with van der Waals surface area (Å²) < 4.78 is 4.00. The molecule has 0 aliphatic carbocycles. The van der Waals surface area contributed by atoms with Gasteiger partial charge >= 0.3 is 0 Å². The Morgan fingerprint density at radius 2 is 2.12 bits per heavy atom. The van der Waals surface area contributed by atoms with Crippen LogP contribution in [0.1, 0.15) is 53.5 Å². The average Bonchev–Trinajstić information content (AvgIpc) is 3.16. The summed E-state index contributed by atoms with van der Waals surface area (Å²) in [6.45, 7) is 7.21. The van der Waals surface area contributed by atoms with Gasteiger partial charge in [-0.25, -0.2) is 0 Å². The molecule has 6 heteroatoms. The zero-order valence-electron chi connectivity index (χ0n) is 15.9. The van der Waals surface area contributed by atoms with Gasteiger partial charge in [0.1, 0.15) is 4.88 Å². The number of carbonyl (C=O) groups excluding carboxylic acids is 1. The number of benzene rings is 1. The van der Waals surface area contributed by atoms with E-state index in [9.17, 15) is 4.79 Å². The summed E-state index contributed by atoms with van der Waals surface area (Å²) in [6, 6.07) is 10.9. The normalized spacial score (nSPS) is 18.2. The number of likely N-dealkylation sites (tertiary alicyclic amines) is 1. The number of rotatable bonds is 6. The van der Waals surface area contributed by atoms with Crippen LogP contribution in [0.2, 0.25) is 0 Å². The van der Waals surface area contributed by atoms with Crippen LogP contribution in [0.5, 0.6) is 0 Å². The van der Waals surface area contributed by atoms with Crippen LogP contribution in [0.25, 0.3) is 0 Å². The Morgan fingerprint density at radius 3 is 2.85 bits per heavy atom. The van der Waals surface area contributed by atoms with E-state index in [1.54, 1.807) is 0 Å². The number of aromatic nitrogens is 2. The second kappa shape index (κ2) is 8.73. The smallest absolute Gasteiger partial charge is 0.267 e. The maximum absolute atomic E-state index is 13.0. The first-order chi connectivity index (χ1) is 12.6. The average molecular weight is 373 g/mol. The number of piperidine rings is 1. The lowest BCUT2D eigenvalue weighted by atomic mass is 10.0. The van der Waals surface area contributed by atoms with Crippen molar-refractivity contribution in [3.63, 3.8) is 0 Å². The van der Waals surface area contributed by atoms with E-state index in [-0.39, 0.29) is 17.9 Å². The minimum Gasteiger partial charge on any atom is -0.337 e. The summed E-state index contributed by atoms with van der Waals surface area (Å²) in [6.07, 6.45) is 3.25. The molecule has 1 aliphatic rings. The van der Waals surface area contributed by atoms with Gasteiger partial charge < -0.3 is 9.80 Å². The predicted octanol–water partition coefficient (Wildman–Crippen LogP) is 3.44. The zero-order chi connectivity index (χ0) is 18.5. The Hall–Kier alpha value is -1.79. The molecule has 0 bridgehead atoms. The van der Waals surface area contributed by atoms with Gasteiger partial charge in [-0.1, -0.05) is 48.7 Å². The fraction of sp³-hybridized carbons (Fsp3) is 0.550. The summed E-state index contributed by atoms with van der Waals surface area (Å²) in [5, 5.41) is 4.15. The summed E-state index contributed by atoms with van der Waals surface area (Å²) in [5.41, 5.74) is 2.19. The molecule has 5 nitrogen and oxygen atoms in total. The van der Waals surface area contributed by atoms with Crippen molar-refractivity contribution in [2.24, 2.45) is 0 Å². The van der Waals surface area contributed by atoms with E-state index in [4.69, 9.17) is 0 Å². The van der Waals surface area contributed by atoms with Crippen LogP contribution in [0, 0.1) is 0 Å². The van der Waals surface area contributed by atoms with Crippen LogP contribution in [0.3, 0.4) is 0 Å². The van der Waals surface area contributed by atoms with Gasteiger partial charge in [-0.3, -0.25) is 4.79 Å². The van der Waals surface area contributed by atoms with Crippen molar-refractivity contribution in [2.75, 3.05) is 26.7 Å². The van der Waals surface area contributed by atoms with Gasteiger partial charge in [0.15, 0.2) is 0 Å². The molecule has 2 aromatic rings. The molecule has 0 N–H and O–H groups in total. The third-order valence-corrected chi connectivity index (χ3v) is 5.89. The second-order valence-electron chi connectivity index (χ2n) is 7.39. The molecule has 0 unspecified atom stereocenters. The first-order valence-electron chi connectivity index (χ1n) is 9.42.